The molecule has 0 radical (unpaired) electrons. The van der Waals surface area contributed by atoms with E-state index in [0.717, 1.165) is 34.4 Å². The van der Waals surface area contributed by atoms with E-state index >= 15 is 0 Å². The van der Waals surface area contributed by atoms with E-state index in [4.69, 9.17) is 9.47 Å². The minimum atomic E-state index is 0.603. The summed E-state index contributed by atoms with van der Waals surface area (Å²) in [6.07, 6.45) is 4.46. The molecule has 0 aliphatic rings. The van der Waals surface area contributed by atoms with Gasteiger partial charge in [0.05, 0.1) is 13.7 Å². The topological polar surface area (TPSA) is 31.4 Å². The number of rotatable bonds is 6. The number of hydrogen-bond acceptors (Lipinski definition) is 3. The number of halogens is 1. The van der Waals surface area contributed by atoms with Gasteiger partial charge in [0.25, 0.3) is 0 Å². The van der Waals surface area contributed by atoms with E-state index in [1.54, 1.807) is 13.3 Å². The van der Waals surface area contributed by atoms with Crippen molar-refractivity contribution in [2.45, 2.75) is 11.8 Å². The van der Waals surface area contributed by atoms with Gasteiger partial charge in [-0.2, -0.15) is 0 Å². The second kappa shape index (κ2) is 7.14. The number of nitrogens with zero attached hydrogens (tertiary/aromatic N) is 1. The van der Waals surface area contributed by atoms with Crippen LogP contribution in [0.3, 0.4) is 0 Å². The Morgan fingerprint density at radius 3 is 2.79 bits per heavy atom. The summed E-state index contributed by atoms with van der Waals surface area (Å²) in [6, 6.07) is 9.87. The minimum Gasteiger partial charge on any atom is -0.493 e. The molecule has 0 atom stereocenters. The maximum Gasteiger partial charge on any atom is 0.165 e. The van der Waals surface area contributed by atoms with Crippen molar-refractivity contribution in [3.8, 4) is 11.5 Å². The zero-order chi connectivity index (χ0) is 13.5. The molecule has 0 saturated carbocycles. The van der Waals surface area contributed by atoms with Gasteiger partial charge in [-0.05, 0) is 17.7 Å². The first-order valence-corrected chi connectivity index (χ1v) is 7.21. The van der Waals surface area contributed by atoms with Crippen molar-refractivity contribution in [3.63, 3.8) is 0 Å². The van der Waals surface area contributed by atoms with Gasteiger partial charge in [-0.3, -0.25) is 4.98 Å². The van der Waals surface area contributed by atoms with Crippen molar-refractivity contribution in [1.29, 1.82) is 0 Å². The molecule has 1 heterocycles. The third-order valence-electron chi connectivity index (χ3n) is 2.78. The van der Waals surface area contributed by atoms with Crippen LogP contribution in [-0.4, -0.2) is 18.7 Å². The Labute approximate surface area is 121 Å². The zero-order valence-electron chi connectivity index (χ0n) is 10.8. The van der Waals surface area contributed by atoms with E-state index in [-0.39, 0.29) is 0 Å². The third-order valence-corrected chi connectivity index (χ3v) is 3.39. The lowest BCUT2D eigenvalue weighted by Crippen LogP contribution is -2.04. The molecular weight excluding hydrogens is 306 g/mol. The Morgan fingerprint density at radius 2 is 2.11 bits per heavy atom. The number of ether oxygens (including phenoxy) is 2. The molecule has 100 valence electrons. The first kappa shape index (κ1) is 13.9. The second-order valence-electron chi connectivity index (χ2n) is 4.04. The lowest BCUT2D eigenvalue weighted by molar-refractivity contribution is 0.295. The molecule has 0 spiro atoms. The second-order valence-corrected chi connectivity index (χ2v) is 4.60. The van der Waals surface area contributed by atoms with Crippen molar-refractivity contribution >= 4 is 15.9 Å². The average molecular weight is 322 g/mol. The minimum absolute atomic E-state index is 0.603. The normalized spacial score (nSPS) is 10.2. The number of hydrogen-bond donors (Lipinski definition) is 0. The molecule has 0 saturated heterocycles. The molecular formula is C15H16BrNO2. The molecule has 4 heteroatoms. The van der Waals surface area contributed by atoms with E-state index in [2.05, 4.69) is 20.9 Å². The Balaban J connectivity index is 2.02. The number of alkyl halides is 1. The summed E-state index contributed by atoms with van der Waals surface area (Å²) in [4.78, 5) is 4.09. The van der Waals surface area contributed by atoms with Gasteiger partial charge in [0.15, 0.2) is 11.5 Å². The molecule has 0 aliphatic heterocycles. The Bertz CT molecular complexity index is 495. The van der Waals surface area contributed by atoms with Crippen molar-refractivity contribution in [1.82, 2.24) is 4.98 Å². The average Bonchev–Trinajstić information content (AvgIpc) is 2.48. The third kappa shape index (κ3) is 3.70. The first-order valence-electron chi connectivity index (χ1n) is 6.08. The van der Waals surface area contributed by atoms with Crippen LogP contribution in [0, 0.1) is 0 Å². The molecule has 0 N–H and O–H groups in total. The van der Waals surface area contributed by atoms with E-state index in [9.17, 15) is 0 Å². The van der Waals surface area contributed by atoms with Gasteiger partial charge in [0.2, 0.25) is 0 Å². The molecule has 1 aromatic carbocycles. The number of aromatic nitrogens is 1. The van der Waals surface area contributed by atoms with Crippen LogP contribution in [0.25, 0.3) is 0 Å². The highest BCUT2D eigenvalue weighted by Gasteiger charge is 2.09. The smallest absolute Gasteiger partial charge is 0.165 e. The summed E-state index contributed by atoms with van der Waals surface area (Å²) >= 11 is 3.46. The van der Waals surface area contributed by atoms with E-state index in [1.807, 2.05) is 36.5 Å². The van der Waals surface area contributed by atoms with Crippen LogP contribution in [0.5, 0.6) is 11.5 Å². The fraction of sp³-hybridized carbons (Fsp3) is 0.267. The predicted octanol–water partition coefficient (Wildman–Crippen LogP) is 3.61. The summed E-state index contributed by atoms with van der Waals surface area (Å²) in [7, 11) is 1.65. The molecule has 2 aromatic rings. The summed E-state index contributed by atoms with van der Waals surface area (Å²) < 4.78 is 11.2. The van der Waals surface area contributed by atoms with Crippen LogP contribution in [0.1, 0.15) is 11.1 Å². The molecule has 0 unspecified atom stereocenters. The van der Waals surface area contributed by atoms with Gasteiger partial charge in [-0.25, -0.2) is 0 Å². The van der Waals surface area contributed by atoms with Gasteiger partial charge < -0.3 is 9.47 Å². The van der Waals surface area contributed by atoms with Crippen LogP contribution in [0.4, 0.5) is 0 Å². The monoisotopic (exact) mass is 321 g/mol. The highest BCUT2D eigenvalue weighted by molar-refractivity contribution is 9.08. The van der Waals surface area contributed by atoms with E-state index < -0.39 is 0 Å². The fourth-order valence-electron chi connectivity index (χ4n) is 1.81. The molecule has 1 aromatic heterocycles. The van der Waals surface area contributed by atoms with Crippen LogP contribution in [0.15, 0.2) is 42.7 Å². The van der Waals surface area contributed by atoms with Crippen LogP contribution in [0.2, 0.25) is 0 Å². The van der Waals surface area contributed by atoms with Crippen LogP contribution in [-0.2, 0) is 11.8 Å². The molecule has 3 nitrogen and oxygen atoms in total. The van der Waals surface area contributed by atoms with Crippen molar-refractivity contribution in [2.24, 2.45) is 0 Å². The quantitative estimate of drug-likeness (QED) is 0.762. The molecule has 0 aliphatic carbocycles. The SMILES string of the molecule is COc1cccc(CBr)c1OCCc1cccnc1. The van der Waals surface area contributed by atoms with E-state index in [1.165, 1.54) is 0 Å². The molecule has 0 fully saturated rings. The predicted molar refractivity (Wildman–Crippen MR) is 79.1 cm³/mol. The fourth-order valence-corrected chi connectivity index (χ4v) is 2.25. The first-order chi connectivity index (χ1) is 9.35. The maximum absolute atomic E-state index is 5.87. The Kier molecular flexibility index (Phi) is 5.21. The molecule has 19 heavy (non-hydrogen) atoms. The van der Waals surface area contributed by atoms with Gasteiger partial charge in [0, 0.05) is 29.7 Å². The number of para-hydroxylation sites is 1. The highest BCUT2D eigenvalue weighted by atomic mass is 79.9. The largest absolute Gasteiger partial charge is 0.493 e. The lowest BCUT2D eigenvalue weighted by Gasteiger charge is -2.13. The standard InChI is InChI=1S/C15H16BrNO2/c1-18-14-6-2-5-13(10-16)15(14)19-9-7-12-4-3-8-17-11-12/h2-6,8,11H,7,9-10H2,1H3. The lowest BCUT2D eigenvalue weighted by atomic mass is 10.2. The van der Waals surface area contributed by atoms with Gasteiger partial charge in [0.1, 0.15) is 0 Å². The van der Waals surface area contributed by atoms with Gasteiger partial charge >= 0.3 is 0 Å². The van der Waals surface area contributed by atoms with Gasteiger partial charge in [-0.1, -0.05) is 34.1 Å². The molecule has 0 bridgehead atoms. The van der Waals surface area contributed by atoms with Crippen molar-refractivity contribution in [2.75, 3.05) is 13.7 Å². The summed E-state index contributed by atoms with van der Waals surface area (Å²) in [5, 5.41) is 0.742. The summed E-state index contributed by atoms with van der Waals surface area (Å²) in [5.74, 6) is 1.58. The summed E-state index contributed by atoms with van der Waals surface area (Å²) in [5.41, 5.74) is 2.25. The maximum atomic E-state index is 5.87. The highest BCUT2D eigenvalue weighted by Crippen LogP contribution is 2.32. The van der Waals surface area contributed by atoms with E-state index in [0.29, 0.717) is 6.61 Å². The molecule has 2 rings (SSSR count). The number of benzene rings is 1. The Morgan fingerprint density at radius 1 is 1.21 bits per heavy atom. The number of pyridine rings is 1. The van der Waals surface area contributed by atoms with Crippen molar-refractivity contribution in [3.05, 3.63) is 53.9 Å². The van der Waals surface area contributed by atoms with Gasteiger partial charge in [-0.15, -0.1) is 0 Å². The van der Waals surface area contributed by atoms with Crippen LogP contribution >= 0.6 is 15.9 Å². The summed E-state index contributed by atoms with van der Waals surface area (Å²) in [6.45, 7) is 0.603. The Hall–Kier alpha value is -1.55. The van der Waals surface area contributed by atoms with Crippen LogP contribution < -0.4 is 9.47 Å². The molecule has 0 amide bonds. The zero-order valence-corrected chi connectivity index (χ0v) is 12.4. The number of methoxy groups -OCH3 is 1. The van der Waals surface area contributed by atoms with Crippen molar-refractivity contribution < 1.29 is 9.47 Å².